The topological polar surface area (TPSA) is 81.8 Å². The van der Waals surface area contributed by atoms with Crippen molar-refractivity contribution < 1.29 is 14.4 Å². The van der Waals surface area contributed by atoms with Gasteiger partial charge in [-0.15, -0.1) is 0 Å². The maximum atomic E-state index is 13.1. The Bertz CT molecular complexity index is 645. The van der Waals surface area contributed by atoms with Gasteiger partial charge in [0.1, 0.15) is 18.2 Å². The lowest BCUT2D eigenvalue weighted by molar-refractivity contribution is -0.152. The lowest BCUT2D eigenvalue weighted by Gasteiger charge is -2.58. The molecule has 0 heterocycles. The Balaban J connectivity index is 1.57. The summed E-state index contributed by atoms with van der Waals surface area (Å²) >= 11 is 0. The summed E-state index contributed by atoms with van der Waals surface area (Å²) in [5, 5.41) is 4.25. The molecule has 5 heteroatoms. The van der Waals surface area contributed by atoms with Gasteiger partial charge >= 0.3 is 0 Å². The van der Waals surface area contributed by atoms with Crippen molar-refractivity contribution >= 4 is 17.3 Å². The second-order valence-electron chi connectivity index (χ2n) is 9.51. The van der Waals surface area contributed by atoms with E-state index in [9.17, 15) is 9.59 Å². The van der Waals surface area contributed by atoms with Crippen LogP contribution in [0, 0.1) is 34.5 Å². The van der Waals surface area contributed by atoms with Crippen LogP contribution in [-0.2, 0) is 14.4 Å². The zero-order chi connectivity index (χ0) is 18.5. The largest absolute Gasteiger partial charge is 0.395 e. The number of hydrogen-bond acceptors (Lipinski definition) is 5. The number of rotatable bonds is 3. The van der Waals surface area contributed by atoms with Crippen molar-refractivity contribution in [2.45, 2.75) is 65.2 Å². The van der Waals surface area contributed by atoms with Crippen LogP contribution in [0.4, 0.5) is 0 Å². The first-order valence-corrected chi connectivity index (χ1v) is 10.3. The molecule has 4 rings (SSSR count). The Kier molecular flexibility index (Phi) is 4.49. The fourth-order valence-electron chi connectivity index (χ4n) is 6.89. The number of carbonyl (C=O) groups excluding carboxylic acids is 2. The summed E-state index contributed by atoms with van der Waals surface area (Å²) in [5.41, 5.74) is 6.37. The van der Waals surface area contributed by atoms with E-state index in [-0.39, 0.29) is 16.7 Å². The van der Waals surface area contributed by atoms with E-state index in [1.54, 1.807) is 0 Å². The van der Waals surface area contributed by atoms with Gasteiger partial charge in [-0.2, -0.15) is 0 Å². The molecule has 144 valence electrons. The predicted octanol–water partition coefficient (Wildman–Crippen LogP) is 3.11. The average Bonchev–Trinajstić information content (AvgIpc) is 2.92. The van der Waals surface area contributed by atoms with Gasteiger partial charge in [-0.1, -0.05) is 19.0 Å². The number of nitrogens with zero attached hydrogens (tertiary/aromatic N) is 1. The standard InChI is InChI=1S/C21H32N2O3/c1-20-7-5-13(23-26-10-9-22)11-17(20)18(24)12-14-15-3-4-19(25)21(15,2)8-6-16(14)20/h14-17H,3-12,22H2,1-2H3/b23-13+. The molecule has 6 atom stereocenters. The van der Waals surface area contributed by atoms with Crippen molar-refractivity contribution in [1.29, 1.82) is 0 Å². The molecule has 0 radical (unpaired) electrons. The summed E-state index contributed by atoms with van der Waals surface area (Å²) in [6, 6.07) is 0. The van der Waals surface area contributed by atoms with Gasteiger partial charge in [-0.25, -0.2) is 0 Å². The van der Waals surface area contributed by atoms with E-state index in [0.717, 1.165) is 44.2 Å². The van der Waals surface area contributed by atoms with E-state index in [4.69, 9.17) is 10.6 Å². The molecule has 0 bridgehead atoms. The molecule has 4 aliphatic carbocycles. The lowest BCUT2D eigenvalue weighted by Crippen LogP contribution is -2.56. The normalized spacial score (nSPS) is 46.7. The third-order valence-corrected chi connectivity index (χ3v) is 8.41. The van der Waals surface area contributed by atoms with Gasteiger partial charge in [0, 0.05) is 30.7 Å². The first kappa shape index (κ1) is 18.1. The number of nitrogens with two attached hydrogens (primary N) is 1. The third-order valence-electron chi connectivity index (χ3n) is 8.41. The quantitative estimate of drug-likeness (QED) is 0.619. The predicted molar refractivity (Wildman–Crippen MR) is 99.6 cm³/mol. The molecule has 0 saturated heterocycles. The van der Waals surface area contributed by atoms with Gasteiger partial charge in [0.05, 0.1) is 5.71 Å². The SMILES string of the molecule is CC12CCC3C(CC(=O)C4C/C(=N/OCCN)CCC43C)C1CCC2=O. The van der Waals surface area contributed by atoms with Crippen LogP contribution >= 0.6 is 0 Å². The van der Waals surface area contributed by atoms with Gasteiger partial charge in [0.2, 0.25) is 0 Å². The Morgan fingerprint density at radius 3 is 2.69 bits per heavy atom. The molecule has 0 amide bonds. The van der Waals surface area contributed by atoms with Crippen LogP contribution in [0.5, 0.6) is 0 Å². The zero-order valence-corrected chi connectivity index (χ0v) is 16.1. The minimum absolute atomic E-state index is 0.0554. The van der Waals surface area contributed by atoms with Crippen molar-refractivity contribution in [2.24, 2.45) is 45.4 Å². The monoisotopic (exact) mass is 360 g/mol. The van der Waals surface area contributed by atoms with Crippen LogP contribution in [0.1, 0.15) is 65.2 Å². The van der Waals surface area contributed by atoms with Crippen LogP contribution in [-0.4, -0.2) is 30.4 Å². The van der Waals surface area contributed by atoms with Crippen LogP contribution in [0.15, 0.2) is 5.16 Å². The highest BCUT2D eigenvalue weighted by molar-refractivity contribution is 5.93. The zero-order valence-electron chi connectivity index (χ0n) is 16.1. The van der Waals surface area contributed by atoms with Crippen molar-refractivity contribution in [3.05, 3.63) is 0 Å². The molecule has 0 aromatic carbocycles. The summed E-state index contributed by atoms with van der Waals surface area (Å²) < 4.78 is 0. The van der Waals surface area contributed by atoms with Gasteiger partial charge in [-0.3, -0.25) is 9.59 Å². The van der Waals surface area contributed by atoms with Gasteiger partial charge in [0.15, 0.2) is 0 Å². The molecular weight excluding hydrogens is 328 g/mol. The second kappa shape index (κ2) is 6.43. The van der Waals surface area contributed by atoms with E-state index in [1.807, 2.05) is 0 Å². The Morgan fingerprint density at radius 2 is 1.92 bits per heavy atom. The van der Waals surface area contributed by atoms with E-state index >= 15 is 0 Å². The molecule has 0 spiro atoms. The molecule has 6 unspecified atom stereocenters. The highest BCUT2D eigenvalue weighted by atomic mass is 16.6. The van der Waals surface area contributed by atoms with Gasteiger partial charge in [-0.05, 0) is 61.7 Å². The van der Waals surface area contributed by atoms with Crippen molar-refractivity contribution in [2.75, 3.05) is 13.2 Å². The second-order valence-corrected chi connectivity index (χ2v) is 9.51. The molecule has 4 saturated carbocycles. The Morgan fingerprint density at radius 1 is 1.12 bits per heavy atom. The molecular formula is C21H32N2O3. The molecule has 4 fully saturated rings. The molecule has 26 heavy (non-hydrogen) atoms. The number of hydrogen-bond donors (Lipinski definition) is 1. The lowest BCUT2D eigenvalue weighted by atomic mass is 9.45. The smallest absolute Gasteiger partial charge is 0.139 e. The fraction of sp³-hybridized carbons (Fsp3) is 0.857. The Labute approximate surface area is 156 Å². The number of Topliss-reactive ketones (excluding diaryl/α,β-unsaturated/α-hetero) is 2. The number of oxime groups is 1. The highest BCUT2D eigenvalue weighted by Gasteiger charge is 2.62. The first-order chi connectivity index (χ1) is 12.4. The fourth-order valence-corrected chi connectivity index (χ4v) is 6.89. The third kappa shape index (κ3) is 2.57. The highest BCUT2D eigenvalue weighted by Crippen LogP contribution is 2.64. The van der Waals surface area contributed by atoms with Crippen LogP contribution in [0.3, 0.4) is 0 Å². The molecule has 2 N–H and O–H groups in total. The molecule has 4 aliphatic rings. The number of ketones is 2. The summed E-state index contributed by atoms with van der Waals surface area (Å²) in [5.74, 6) is 2.29. The van der Waals surface area contributed by atoms with Crippen molar-refractivity contribution in [1.82, 2.24) is 0 Å². The molecule has 0 aromatic heterocycles. The van der Waals surface area contributed by atoms with Crippen LogP contribution in [0.25, 0.3) is 0 Å². The molecule has 0 aromatic rings. The summed E-state index contributed by atoms with van der Waals surface area (Å²) in [6.07, 6.45) is 7.13. The van der Waals surface area contributed by atoms with E-state index in [2.05, 4.69) is 19.0 Å². The Hall–Kier alpha value is -1.23. The summed E-state index contributed by atoms with van der Waals surface area (Å²) in [7, 11) is 0. The van der Waals surface area contributed by atoms with Gasteiger partial charge in [0.25, 0.3) is 0 Å². The minimum atomic E-state index is -0.165. The molecule has 0 aliphatic heterocycles. The van der Waals surface area contributed by atoms with Crippen molar-refractivity contribution in [3.63, 3.8) is 0 Å². The molecule has 5 nitrogen and oxygen atoms in total. The summed E-state index contributed by atoms with van der Waals surface area (Å²) in [6.45, 7) is 5.39. The van der Waals surface area contributed by atoms with Crippen LogP contribution in [0.2, 0.25) is 0 Å². The van der Waals surface area contributed by atoms with Gasteiger partial charge < -0.3 is 10.6 Å². The van der Waals surface area contributed by atoms with E-state index < -0.39 is 0 Å². The van der Waals surface area contributed by atoms with Crippen molar-refractivity contribution in [3.8, 4) is 0 Å². The minimum Gasteiger partial charge on any atom is -0.395 e. The summed E-state index contributed by atoms with van der Waals surface area (Å²) in [4.78, 5) is 30.9. The first-order valence-electron chi connectivity index (χ1n) is 10.3. The maximum Gasteiger partial charge on any atom is 0.139 e. The van der Waals surface area contributed by atoms with Crippen LogP contribution < -0.4 is 5.73 Å². The average molecular weight is 360 g/mol. The van der Waals surface area contributed by atoms with E-state index in [1.165, 1.54) is 0 Å². The van der Waals surface area contributed by atoms with E-state index in [0.29, 0.717) is 55.3 Å². The maximum absolute atomic E-state index is 13.1. The number of fused-ring (bicyclic) bond motifs is 5. The number of carbonyl (C=O) groups is 2.